The third kappa shape index (κ3) is 9.31. The van der Waals surface area contributed by atoms with E-state index in [0.717, 1.165) is 54.6 Å². The van der Waals surface area contributed by atoms with Gasteiger partial charge in [-0.2, -0.15) is 4.31 Å². The molecule has 2 N–H and O–H groups in total. The van der Waals surface area contributed by atoms with Gasteiger partial charge in [-0.1, -0.05) is 48.3 Å². The Hall–Kier alpha value is -4.28. The van der Waals surface area contributed by atoms with Crippen LogP contribution in [0, 0.1) is 17.8 Å². The number of fused-ring (bicyclic) bond motifs is 3. The summed E-state index contributed by atoms with van der Waals surface area (Å²) in [5.41, 5.74) is 2.77. The molecule has 336 valence electrons. The highest BCUT2D eigenvalue weighted by Gasteiger charge is 2.66. The normalized spacial score (nSPS) is 26.1. The van der Waals surface area contributed by atoms with Gasteiger partial charge in [0.05, 0.1) is 36.4 Å². The Morgan fingerprint density at radius 1 is 1.00 bits per heavy atom. The Bertz CT molecular complexity index is 2380. The van der Waals surface area contributed by atoms with E-state index >= 15 is 8.42 Å². The fourth-order valence-corrected chi connectivity index (χ4v) is 12.0. The molecule has 1 saturated carbocycles. The van der Waals surface area contributed by atoms with Crippen LogP contribution in [0.3, 0.4) is 0 Å². The zero-order valence-electron chi connectivity index (χ0n) is 36.1. The van der Waals surface area contributed by atoms with Crippen LogP contribution in [0.25, 0.3) is 10.9 Å². The predicted molar refractivity (Wildman–Crippen MR) is 245 cm³/mol. The van der Waals surface area contributed by atoms with E-state index in [2.05, 4.69) is 23.7 Å². The molecule has 1 saturated heterocycles. The number of allylic oxidation sites excluding steroid dienone is 1. The monoisotopic (exact) mass is 897 g/mol. The first-order valence-corrected chi connectivity index (χ1v) is 24.9. The van der Waals surface area contributed by atoms with Crippen LogP contribution in [-0.2, 0) is 24.3 Å². The number of benzene rings is 3. The third-order valence-electron chi connectivity index (χ3n) is 13.0. The summed E-state index contributed by atoms with van der Waals surface area (Å²) in [7, 11) is -2.68. The summed E-state index contributed by atoms with van der Waals surface area (Å²) in [4.78, 5) is 12.0. The van der Waals surface area contributed by atoms with E-state index in [0.29, 0.717) is 59.7 Å². The van der Waals surface area contributed by atoms with Crippen LogP contribution in [0.4, 0.5) is 0 Å². The molecule has 2 aliphatic heterocycles. The number of nitrogens with zero attached hydrogens (tertiary/aromatic N) is 3. The second-order valence-corrected chi connectivity index (χ2v) is 19.6. The number of unbranched alkanes of at least 4 members (excludes halogenated alkanes) is 2. The number of pyridine rings is 1. The Kier molecular flexibility index (Phi) is 14.6. The summed E-state index contributed by atoms with van der Waals surface area (Å²) < 4.78 is 58.7. The van der Waals surface area contributed by atoms with Crippen LogP contribution >= 0.6 is 11.8 Å². The molecule has 7 atom stereocenters. The SMILES string of the molecule is C=CCOC12Oc3ccc(Oc4ccc(SC)cc4)cc3C3C(CCCCO)C(CCCCO)C=C(C(=NOC4CCCCO4)CC1N(C)S(=O)(=O)c1cccc4cccnc14)C32. The number of hydrogen-bond acceptors (Lipinski definition) is 12. The fourth-order valence-electron chi connectivity index (χ4n) is 10.1. The van der Waals surface area contributed by atoms with Crippen molar-refractivity contribution >= 4 is 38.4 Å². The number of oxime groups is 1. The van der Waals surface area contributed by atoms with Gasteiger partial charge in [-0.15, -0.1) is 18.3 Å². The number of likely N-dealkylation sites (N-methyl/N-ethyl adjacent to an activating group) is 1. The van der Waals surface area contributed by atoms with Gasteiger partial charge >= 0.3 is 0 Å². The second-order valence-electron chi connectivity index (χ2n) is 16.8. The molecule has 0 bridgehead atoms. The van der Waals surface area contributed by atoms with Gasteiger partial charge in [0.1, 0.15) is 22.1 Å². The van der Waals surface area contributed by atoms with Crippen LogP contribution < -0.4 is 9.47 Å². The van der Waals surface area contributed by atoms with E-state index in [1.807, 2.05) is 54.8 Å². The number of para-hydroxylation sites is 1. The zero-order valence-corrected chi connectivity index (χ0v) is 37.8. The minimum atomic E-state index is -4.27. The topological polar surface area (TPSA) is 149 Å². The number of thioether (sulfide) groups is 1. The molecule has 2 aliphatic carbocycles. The van der Waals surface area contributed by atoms with Crippen molar-refractivity contribution in [2.75, 3.05) is 39.7 Å². The number of rotatable bonds is 19. The summed E-state index contributed by atoms with van der Waals surface area (Å²) in [5, 5.41) is 25.5. The highest BCUT2D eigenvalue weighted by Crippen LogP contribution is 2.62. The lowest BCUT2D eigenvalue weighted by molar-refractivity contribution is -0.250. The van der Waals surface area contributed by atoms with Crippen LogP contribution in [0.1, 0.15) is 75.7 Å². The van der Waals surface area contributed by atoms with Crippen molar-refractivity contribution in [2.24, 2.45) is 22.9 Å². The molecule has 12 nitrogen and oxygen atoms in total. The van der Waals surface area contributed by atoms with Crippen LogP contribution in [0.5, 0.6) is 17.2 Å². The molecule has 63 heavy (non-hydrogen) atoms. The molecule has 3 aromatic carbocycles. The molecule has 14 heteroatoms. The highest BCUT2D eigenvalue weighted by atomic mass is 32.2. The first kappa shape index (κ1) is 45.3. The molecular formula is C49H59N3O9S2. The summed E-state index contributed by atoms with van der Waals surface area (Å²) in [6.45, 7) is 4.83. The Balaban J connectivity index is 1.33. The van der Waals surface area contributed by atoms with Crippen molar-refractivity contribution in [1.82, 2.24) is 9.29 Å². The fraction of sp³-hybridized carbons (Fsp3) is 0.469. The largest absolute Gasteiger partial charge is 0.460 e. The molecule has 3 heterocycles. The van der Waals surface area contributed by atoms with Crippen molar-refractivity contribution in [2.45, 2.75) is 98.0 Å². The number of aliphatic hydroxyl groups excluding tert-OH is 2. The number of aromatic nitrogens is 1. The number of sulfonamides is 1. The maximum absolute atomic E-state index is 15.2. The lowest BCUT2D eigenvalue weighted by Crippen LogP contribution is -2.69. The summed E-state index contributed by atoms with van der Waals surface area (Å²) in [5.74, 6) is -0.489. The zero-order chi connectivity index (χ0) is 44.0. The van der Waals surface area contributed by atoms with Crippen molar-refractivity contribution in [1.29, 1.82) is 0 Å². The third-order valence-corrected chi connectivity index (χ3v) is 15.7. The van der Waals surface area contributed by atoms with Crippen LogP contribution in [0.2, 0.25) is 0 Å². The first-order valence-electron chi connectivity index (χ1n) is 22.2. The average Bonchev–Trinajstić information content (AvgIpc) is 3.31. The van der Waals surface area contributed by atoms with E-state index in [-0.39, 0.29) is 48.9 Å². The molecule has 8 rings (SSSR count). The van der Waals surface area contributed by atoms with Crippen molar-refractivity contribution in [3.63, 3.8) is 0 Å². The molecule has 1 aromatic heterocycles. The minimum Gasteiger partial charge on any atom is -0.460 e. The van der Waals surface area contributed by atoms with E-state index < -0.39 is 34.1 Å². The van der Waals surface area contributed by atoms with Gasteiger partial charge in [0.15, 0.2) is 0 Å². The van der Waals surface area contributed by atoms with E-state index in [1.54, 1.807) is 49.3 Å². The van der Waals surface area contributed by atoms with Crippen molar-refractivity contribution in [3.05, 3.63) is 109 Å². The predicted octanol–water partition coefficient (Wildman–Crippen LogP) is 9.23. The van der Waals surface area contributed by atoms with Crippen molar-refractivity contribution < 1.29 is 42.4 Å². The van der Waals surface area contributed by atoms with Gasteiger partial charge in [-0.3, -0.25) is 4.98 Å². The molecule has 0 amide bonds. The number of hydrogen-bond donors (Lipinski definition) is 2. The summed E-state index contributed by atoms with van der Waals surface area (Å²) >= 11 is 1.66. The lowest BCUT2D eigenvalue weighted by Gasteiger charge is -2.59. The standard InChI is InChI=1S/C49H59N3O9S2/c1-4-28-58-49-44(52(2)63(55,56)43-17-11-14-33-15-12-25-50-48(33)43)32-41(51-61-45-18-7-10-29-57-45)39-30-34(13-5-8-26-53)38(16-6-9-27-54)46(47(39)49)40-31-36(21-24-42(40)60-49)59-35-19-22-37(62-3)23-20-35/h4,11-12,14-15,17,19-25,30-31,34,38,44-47,53-54H,1,5-10,13,16,18,26-29,32H2,2-3H3. The first-order chi connectivity index (χ1) is 30.7. The molecule has 4 aliphatic rings. The van der Waals surface area contributed by atoms with Gasteiger partial charge in [0.25, 0.3) is 0 Å². The van der Waals surface area contributed by atoms with E-state index in [9.17, 15) is 10.2 Å². The Morgan fingerprint density at radius 2 is 1.78 bits per heavy atom. The Labute approximate surface area is 375 Å². The molecule has 0 radical (unpaired) electrons. The van der Waals surface area contributed by atoms with Crippen molar-refractivity contribution in [3.8, 4) is 17.2 Å². The van der Waals surface area contributed by atoms with Gasteiger partial charge in [-0.25, -0.2) is 8.42 Å². The van der Waals surface area contributed by atoms with Gasteiger partial charge in [0, 0.05) is 61.1 Å². The Morgan fingerprint density at radius 3 is 2.52 bits per heavy atom. The smallest absolute Gasteiger partial charge is 0.245 e. The number of ether oxygens (including phenoxy) is 4. The molecule has 7 unspecified atom stereocenters. The maximum atomic E-state index is 15.2. The average molecular weight is 898 g/mol. The molecule has 2 fully saturated rings. The highest BCUT2D eigenvalue weighted by molar-refractivity contribution is 7.98. The second kappa shape index (κ2) is 20.3. The lowest BCUT2D eigenvalue weighted by atomic mass is 9.55. The minimum absolute atomic E-state index is 0.00115. The maximum Gasteiger partial charge on any atom is 0.245 e. The molecule has 0 spiro atoms. The van der Waals surface area contributed by atoms with E-state index in [1.165, 1.54) is 4.31 Å². The van der Waals surface area contributed by atoms with Crippen LogP contribution in [0.15, 0.2) is 118 Å². The summed E-state index contributed by atoms with van der Waals surface area (Å²) in [6.07, 6.45) is 14.2. The van der Waals surface area contributed by atoms with Gasteiger partial charge < -0.3 is 34.0 Å². The summed E-state index contributed by atoms with van der Waals surface area (Å²) in [6, 6.07) is 21.7. The molecular weight excluding hydrogens is 839 g/mol. The van der Waals surface area contributed by atoms with Gasteiger partial charge in [0.2, 0.25) is 22.1 Å². The van der Waals surface area contributed by atoms with Crippen LogP contribution in [-0.4, -0.2) is 91.5 Å². The van der Waals surface area contributed by atoms with Gasteiger partial charge in [-0.05, 0) is 117 Å². The quantitative estimate of drug-likeness (QED) is 0.0402. The number of aliphatic hydroxyl groups is 2. The molecule has 4 aromatic rings. The van der Waals surface area contributed by atoms with E-state index in [4.69, 9.17) is 28.9 Å².